The topological polar surface area (TPSA) is 109 Å². The van der Waals surface area contributed by atoms with Crippen LogP contribution in [0.1, 0.15) is 5.56 Å². The van der Waals surface area contributed by atoms with Crippen LogP contribution in [0.2, 0.25) is 5.02 Å². The first-order valence-electron chi connectivity index (χ1n) is 8.56. The van der Waals surface area contributed by atoms with Gasteiger partial charge in [0.15, 0.2) is 10.1 Å². The van der Waals surface area contributed by atoms with E-state index in [4.69, 9.17) is 11.6 Å². The molecular weight excluding hydrogens is 472 g/mol. The van der Waals surface area contributed by atoms with E-state index in [1.54, 1.807) is 6.92 Å². The van der Waals surface area contributed by atoms with Crippen molar-refractivity contribution < 1.29 is 22.0 Å². The molecule has 162 valence electrons. The number of aromatic nitrogens is 2. The lowest BCUT2D eigenvalue weighted by Gasteiger charge is -2.07. The summed E-state index contributed by atoms with van der Waals surface area (Å²) in [6.07, 6.45) is 0.891. The smallest absolute Gasteiger partial charge is 0.270 e. The van der Waals surface area contributed by atoms with Crippen LogP contribution in [0.3, 0.4) is 0 Å². The van der Waals surface area contributed by atoms with Crippen LogP contribution in [0.4, 0.5) is 14.5 Å². The first-order valence-corrected chi connectivity index (χ1v) is 11.4. The second-order valence-corrected chi connectivity index (χ2v) is 9.55. The number of aromatic amines is 1. The first-order chi connectivity index (χ1) is 14.6. The molecule has 0 saturated carbocycles. The van der Waals surface area contributed by atoms with Gasteiger partial charge in [0.2, 0.25) is 15.7 Å². The number of anilines is 1. The third-order valence-corrected chi connectivity index (χ3v) is 7.07. The number of hydrogen-bond acceptors (Lipinski definition) is 6. The van der Waals surface area contributed by atoms with Gasteiger partial charge in [0.05, 0.1) is 22.5 Å². The molecule has 1 heterocycles. The second kappa shape index (κ2) is 9.16. The fourth-order valence-corrected chi connectivity index (χ4v) is 4.55. The number of benzene rings is 2. The quantitative estimate of drug-likeness (QED) is 0.408. The predicted molar refractivity (Wildman–Crippen MR) is 112 cm³/mol. The van der Waals surface area contributed by atoms with Crippen LogP contribution in [0.15, 0.2) is 62.3 Å². The maximum Gasteiger partial charge on any atom is 0.270 e. The van der Waals surface area contributed by atoms with Crippen LogP contribution in [0.5, 0.6) is 0 Å². The SMILES string of the molecule is Cc1ccc(S(=O)(=O)c2cnc(SCC(=O)Nc3ccc(F)cc3F)[nH]c2=O)cc1Cl. The van der Waals surface area contributed by atoms with Crippen molar-refractivity contribution in [3.63, 3.8) is 0 Å². The van der Waals surface area contributed by atoms with Crippen LogP contribution in [0, 0.1) is 18.6 Å². The van der Waals surface area contributed by atoms with Crippen molar-refractivity contribution in [2.45, 2.75) is 21.9 Å². The standard InChI is InChI=1S/C19H14ClF2N3O4S2/c1-10-2-4-12(7-13(10)20)31(28,29)16-8-23-19(25-18(16)27)30-9-17(26)24-15-5-3-11(21)6-14(15)22/h2-8H,9H2,1H3,(H,24,26)(H,23,25,27). The van der Waals surface area contributed by atoms with Crippen LogP contribution in [-0.2, 0) is 14.6 Å². The molecule has 0 saturated heterocycles. The Hall–Kier alpha value is -2.76. The van der Waals surface area contributed by atoms with Gasteiger partial charge in [-0.15, -0.1) is 0 Å². The monoisotopic (exact) mass is 485 g/mol. The summed E-state index contributed by atoms with van der Waals surface area (Å²) >= 11 is 6.77. The molecule has 1 amide bonds. The van der Waals surface area contributed by atoms with Crippen molar-refractivity contribution in [3.05, 3.63) is 75.2 Å². The van der Waals surface area contributed by atoms with Crippen molar-refractivity contribution in [3.8, 4) is 0 Å². The van der Waals surface area contributed by atoms with E-state index >= 15 is 0 Å². The second-order valence-electron chi connectivity index (χ2n) is 6.26. The Bertz CT molecular complexity index is 1330. The Kier molecular flexibility index (Phi) is 6.77. The van der Waals surface area contributed by atoms with E-state index in [-0.39, 0.29) is 26.5 Å². The number of amides is 1. The van der Waals surface area contributed by atoms with Crippen LogP contribution < -0.4 is 10.9 Å². The van der Waals surface area contributed by atoms with Crippen molar-refractivity contribution in [2.24, 2.45) is 0 Å². The minimum Gasteiger partial charge on any atom is -0.323 e. The summed E-state index contributed by atoms with van der Waals surface area (Å²) in [5.74, 6) is -2.62. The van der Waals surface area contributed by atoms with Gasteiger partial charge in [0.1, 0.15) is 11.6 Å². The molecule has 3 rings (SSSR count). The molecule has 7 nitrogen and oxygen atoms in total. The van der Waals surface area contributed by atoms with E-state index in [1.165, 1.54) is 18.2 Å². The number of sulfone groups is 1. The minimum absolute atomic E-state index is 0.0133. The lowest BCUT2D eigenvalue weighted by molar-refractivity contribution is -0.113. The van der Waals surface area contributed by atoms with E-state index in [2.05, 4.69) is 15.3 Å². The third kappa shape index (κ3) is 5.30. The first kappa shape index (κ1) is 22.9. The Balaban J connectivity index is 1.72. The van der Waals surface area contributed by atoms with Gasteiger partial charge in [-0.2, -0.15) is 0 Å². The normalized spacial score (nSPS) is 11.4. The van der Waals surface area contributed by atoms with Gasteiger partial charge in [0.25, 0.3) is 5.56 Å². The molecule has 31 heavy (non-hydrogen) atoms. The van der Waals surface area contributed by atoms with Crippen molar-refractivity contribution in [1.29, 1.82) is 0 Å². The number of carbonyl (C=O) groups excluding carboxylic acids is 1. The number of carbonyl (C=O) groups is 1. The van der Waals surface area contributed by atoms with Crippen LogP contribution in [-0.4, -0.2) is 30.0 Å². The number of thioether (sulfide) groups is 1. The van der Waals surface area contributed by atoms with Crippen molar-refractivity contribution >= 4 is 44.8 Å². The highest BCUT2D eigenvalue weighted by Gasteiger charge is 2.23. The largest absolute Gasteiger partial charge is 0.323 e. The van der Waals surface area contributed by atoms with E-state index in [0.29, 0.717) is 11.6 Å². The summed E-state index contributed by atoms with van der Waals surface area (Å²) in [6, 6.07) is 6.78. The van der Waals surface area contributed by atoms with E-state index in [0.717, 1.165) is 30.1 Å². The molecule has 3 aromatic rings. The minimum atomic E-state index is -4.16. The molecule has 0 bridgehead atoms. The lowest BCUT2D eigenvalue weighted by atomic mass is 10.2. The lowest BCUT2D eigenvalue weighted by Crippen LogP contribution is -2.20. The molecule has 1 aromatic heterocycles. The van der Waals surface area contributed by atoms with Gasteiger partial charge in [-0.05, 0) is 36.8 Å². The Labute approximate surface area is 184 Å². The van der Waals surface area contributed by atoms with Crippen LogP contribution >= 0.6 is 23.4 Å². The van der Waals surface area contributed by atoms with E-state index in [9.17, 15) is 26.8 Å². The third-order valence-electron chi connectivity index (χ3n) is 4.03. The highest BCUT2D eigenvalue weighted by Crippen LogP contribution is 2.24. The number of aryl methyl sites for hydroxylation is 1. The number of nitrogens with zero attached hydrogens (tertiary/aromatic N) is 1. The summed E-state index contributed by atoms with van der Waals surface area (Å²) in [6.45, 7) is 1.71. The highest BCUT2D eigenvalue weighted by atomic mass is 35.5. The van der Waals surface area contributed by atoms with Crippen molar-refractivity contribution in [2.75, 3.05) is 11.1 Å². The fraction of sp³-hybridized carbons (Fsp3) is 0.105. The molecule has 0 fully saturated rings. The average Bonchev–Trinajstić information content (AvgIpc) is 2.70. The van der Waals surface area contributed by atoms with Crippen molar-refractivity contribution in [1.82, 2.24) is 9.97 Å². The fourth-order valence-electron chi connectivity index (χ4n) is 2.41. The van der Waals surface area contributed by atoms with Crippen LogP contribution in [0.25, 0.3) is 0 Å². The Morgan fingerprint density at radius 2 is 1.97 bits per heavy atom. The molecule has 0 unspecified atom stereocenters. The summed E-state index contributed by atoms with van der Waals surface area (Å²) in [7, 11) is -4.16. The average molecular weight is 486 g/mol. The molecular formula is C19H14ClF2N3O4S2. The van der Waals surface area contributed by atoms with Gasteiger partial charge in [0, 0.05) is 11.1 Å². The number of halogens is 3. The highest BCUT2D eigenvalue weighted by molar-refractivity contribution is 7.99. The molecule has 0 radical (unpaired) electrons. The van der Waals surface area contributed by atoms with Gasteiger partial charge < -0.3 is 10.3 Å². The summed E-state index contributed by atoms with van der Waals surface area (Å²) < 4.78 is 51.9. The van der Waals surface area contributed by atoms with Gasteiger partial charge in [-0.3, -0.25) is 9.59 Å². The van der Waals surface area contributed by atoms with E-state index in [1.807, 2.05) is 0 Å². The zero-order chi connectivity index (χ0) is 22.8. The van der Waals surface area contributed by atoms with E-state index < -0.39 is 37.8 Å². The molecule has 2 aromatic carbocycles. The number of hydrogen-bond donors (Lipinski definition) is 2. The molecule has 0 atom stereocenters. The zero-order valence-electron chi connectivity index (χ0n) is 15.8. The van der Waals surface area contributed by atoms with Gasteiger partial charge in [-0.1, -0.05) is 29.4 Å². The number of H-pyrrole nitrogens is 1. The number of nitrogens with one attached hydrogen (secondary N) is 2. The Morgan fingerprint density at radius 3 is 2.61 bits per heavy atom. The van der Waals surface area contributed by atoms with Gasteiger partial charge >= 0.3 is 0 Å². The predicted octanol–water partition coefficient (Wildman–Crippen LogP) is 3.57. The number of rotatable bonds is 6. The molecule has 12 heteroatoms. The maximum absolute atomic E-state index is 13.6. The molecule has 0 aliphatic carbocycles. The molecule has 0 spiro atoms. The summed E-state index contributed by atoms with van der Waals surface area (Å²) in [5.41, 5.74) is -0.441. The summed E-state index contributed by atoms with van der Waals surface area (Å²) in [4.78, 5) is 29.7. The molecule has 0 aliphatic heterocycles. The maximum atomic E-state index is 13.6. The molecule has 2 N–H and O–H groups in total. The molecule has 0 aliphatic rings. The van der Waals surface area contributed by atoms with Gasteiger partial charge in [-0.25, -0.2) is 22.2 Å². The zero-order valence-corrected chi connectivity index (χ0v) is 18.2. The Morgan fingerprint density at radius 1 is 1.23 bits per heavy atom. The summed E-state index contributed by atoms with van der Waals surface area (Å²) in [5, 5.41) is 2.48.